The van der Waals surface area contributed by atoms with Crippen LogP contribution in [0.4, 0.5) is 0 Å². The average Bonchev–Trinajstić information content (AvgIpc) is 2.09. The van der Waals surface area contributed by atoms with Crippen LogP contribution in [0.2, 0.25) is 0 Å². The van der Waals surface area contributed by atoms with E-state index in [1.807, 2.05) is 0 Å². The van der Waals surface area contributed by atoms with Crippen molar-refractivity contribution in [3.05, 3.63) is 12.3 Å². The molecule has 2 N–H and O–H groups in total. The molecule has 0 amide bonds. The molecule has 0 aromatic carbocycles. The molecule has 1 aliphatic rings. The number of hydrogen-bond donors (Lipinski definition) is 1. The summed E-state index contributed by atoms with van der Waals surface area (Å²) in [6, 6.07) is 0. The van der Waals surface area contributed by atoms with Gasteiger partial charge in [0.25, 0.3) is 0 Å². The van der Waals surface area contributed by atoms with Crippen molar-refractivity contribution >= 4 is 0 Å². The van der Waals surface area contributed by atoms with Crippen molar-refractivity contribution in [2.45, 2.75) is 25.7 Å². The minimum absolute atomic E-state index is 0.942. The third-order valence-electron chi connectivity index (χ3n) is 2.72. The lowest BCUT2D eigenvalue weighted by molar-refractivity contribution is 0.213. The van der Waals surface area contributed by atoms with Gasteiger partial charge < -0.3 is 10.6 Å². The average molecular weight is 168 g/mol. The van der Waals surface area contributed by atoms with E-state index in [0.29, 0.717) is 0 Å². The minimum atomic E-state index is 0.942. The second kappa shape index (κ2) is 5.20. The Morgan fingerprint density at radius 1 is 1.42 bits per heavy atom. The summed E-state index contributed by atoms with van der Waals surface area (Å²) in [5.41, 5.74) is 5.28. The molecule has 0 unspecified atom stereocenters. The molecule has 1 saturated heterocycles. The molecule has 0 aromatic heterocycles. The highest BCUT2D eigenvalue weighted by Crippen LogP contribution is 2.20. The van der Waals surface area contributed by atoms with Gasteiger partial charge in [0.15, 0.2) is 0 Å². The van der Waals surface area contributed by atoms with E-state index in [0.717, 1.165) is 12.3 Å². The lowest BCUT2D eigenvalue weighted by Gasteiger charge is -2.28. The third kappa shape index (κ3) is 3.26. The monoisotopic (exact) mass is 168 g/mol. The second-order valence-electron chi connectivity index (χ2n) is 3.75. The largest absolute Gasteiger partial charge is 0.405 e. The Kier molecular flexibility index (Phi) is 4.15. The van der Waals surface area contributed by atoms with Gasteiger partial charge >= 0.3 is 0 Å². The molecule has 0 bridgehead atoms. The topological polar surface area (TPSA) is 29.3 Å². The fourth-order valence-electron chi connectivity index (χ4n) is 1.78. The van der Waals surface area contributed by atoms with Crippen LogP contribution in [0.25, 0.3) is 0 Å². The van der Waals surface area contributed by atoms with Gasteiger partial charge in [-0.25, -0.2) is 0 Å². The Morgan fingerprint density at radius 3 is 2.67 bits per heavy atom. The molecule has 1 aliphatic heterocycles. The van der Waals surface area contributed by atoms with Crippen LogP contribution in [0.15, 0.2) is 12.3 Å². The van der Waals surface area contributed by atoms with Gasteiger partial charge in [0, 0.05) is 0 Å². The molecule has 2 nitrogen and oxygen atoms in total. The second-order valence-corrected chi connectivity index (χ2v) is 3.75. The standard InChI is InChI=1S/C10H20N2/c1-12-8-5-10(6-9-12)4-2-3-7-11/h3,7,10H,2,4-6,8-9,11H2,1H3/b7-3-. The van der Waals surface area contributed by atoms with Crippen molar-refractivity contribution in [2.24, 2.45) is 11.7 Å². The number of allylic oxidation sites excluding steroid dienone is 1. The van der Waals surface area contributed by atoms with Crippen molar-refractivity contribution in [3.8, 4) is 0 Å². The number of nitrogens with two attached hydrogens (primary N) is 1. The van der Waals surface area contributed by atoms with Crippen LogP contribution in [0, 0.1) is 5.92 Å². The number of nitrogens with zero attached hydrogens (tertiary/aromatic N) is 1. The first-order chi connectivity index (χ1) is 5.83. The zero-order chi connectivity index (χ0) is 8.81. The fraction of sp³-hybridized carbons (Fsp3) is 0.800. The van der Waals surface area contributed by atoms with Crippen molar-refractivity contribution < 1.29 is 0 Å². The predicted molar refractivity (Wildman–Crippen MR) is 52.8 cm³/mol. The Bertz CT molecular complexity index is 135. The van der Waals surface area contributed by atoms with Crippen LogP contribution >= 0.6 is 0 Å². The molecule has 0 radical (unpaired) electrons. The third-order valence-corrected chi connectivity index (χ3v) is 2.72. The summed E-state index contributed by atoms with van der Waals surface area (Å²) in [5.74, 6) is 0.942. The molecular formula is C10H20N2. The van der Waals surface area contributed by atoms with Gasteiger partial charge in [0.2, 0.25) is 0 Å². The lowest BCUT2D eigenvalue weighted by atomic mass is 9.92. The van der Waals surface area contributed by atoms with E-state index >= 15 is 0 Å². The lowest BCUT2D eigenvalue weighted by Crippen LogP contribution is -2.30. The Morgan fingerprint density at radius 2 is 2.08 bits per heavy atom. The minimum Gasteiger partial charge on any atom is -0.405 e. The molecule has 0 spiro atoms. The van der Waals surface area contributed by atoms with Gasteiger partial charge in [0.05, 0.1) is 0 Å². The first-order valence-electron chi connectivity index (χ1n) is 4.88. The van der Waals surface area contributed by atoms with Gasteiger partial charge in [-0.15, -0.1) is 0 Å². The van der Waals surface area contributed by atoms with Crippen molar-refractivity contribution in [2.75, 3.05) is 20.1 Å². The predicted octanol–water partition coefficient (Wildman–Crippen LogP) is 1.58. The van der Waals surface area contributed by atoms with E-state index in [1.165, 1.54) is 32.4 Å². The molecule has 0 atom stereocenters. The zero-order valence-corrected chi connectivity index (χ0v) is 8.00. The maximum atomic E-state index is 5.28. The summed E-state index contributed by atoms with van der Waals surface area (Å²) in [4.78, 5) is 2.41. The number of likely N-dealkylation sites (tertiary alicyclic amines) is 1. The van der Waals surface area contributed by atoms with Crippen LogP contribution in [-0.4, -0.2) is 25.0 Å². The van der Waals surface area contributed by atoms with E-state index in [-0.39, 0.29) is 0 Å². The highest BCUT2D eigenvalue weighted by Gasteiger charge is 2.15. The van der Waals surface area contributed by atoms with E-state index in [4.69, 9.17) is 5.73 Å². The van der Waals surface area contributed by atoms with E-state index < -0.39 is 0 Å². The van der Waals surface area contributed by atoms with Crippen molar-refractivity contribution in [1.82, 2.24) is 4.90 Å². The smallest absolute Gasteiger partial charge is 0.00191 e. The summed E-state index contributed by atoms with van der Waals surface area (Å²) < 4.78 is 0. The normalized spacial score (nSPS) is 22.1. The first-order valence-corrected chi connectivity index (χ1v) is 4.88. The summed E-state index contributed by atoms with van der Waals surface area (Å²) in [6.07, 6.45) is 8.95. The Labute approximate surface area is 75.4 Å². The summed E-state index contributed by atoms with van der Waals surface area (Å²) >= 11 is 0. The maximum Gasteiger partial charge on any atom is -0.00191 e. The zero-order valence-electron chi connectivity index (χ0n) is 8.00. The van der Waals surface area contributed by atoms with E-state index in [2.05, 4.69) is 18.0 Å². The molecule has 1 rings (SSSR count). The maximum absolute atomic E-state index is 5.28. The van der Waals surface area contributed by atoms with Crippen LogP contribution in [0.1, 0.15) is 25.7 Å². The first kappa shape index (κ1) is 9.59. The quantitative estimate of drug-likeness (QED) is 0.693. The molecular weight excluding hydrogens is 148 g/mol. The van der Waals surface area contributed by atoms with Crippen molar-refractivity contribution in [1.29, 1.82) is 0 Å². The SMILES string of the molecule is CN1CCC(CC/C=C\N)CC1. The van der Waals surface area contributed by atoms with Gasteiger partial charge in [-0.2, -0.15) is 0 Å². The van der Waals surface area contributed by atoms with Gasteiger partial charge in [-0.1, -0.05) is 6.08 Å². The highest BCUT2D eigenvalue weighted by molar-refractivity contribution is 4.78. The molecule has 0 aliphatic carbocycles. The van der Waals surface area contributed by atoms with E-state index in [9.17, 15) is 0 Å². The molecule has 2 heteroatoms. The molecule has 12 heavy (non-hydrogen) atoms. The summed E-state index contributed by atoms with van der Waals surface area (Å²) in [6.45, 7) is 2.55. The summed E-state index contributed by atoms with van der Waals surface area (Å²) in [7, 11) is 2.20. The van der Waals surface area contributed by atoms with Crippen LogP contribution < -0.4 is 5.73 Å². The van der Waals surface area contributed by atoms with Crippen LogP contribution in [-0.2, 0) is 0 Å². The highest BCUT2D eigenvalue weighted by atomic mass is 15.1. The van der Waals surface area contributed by atoms with Crippen LogP contribution in [0.5, 0.6) is 0 Å². The number of piperidine rings is 1. The molecule has 0 saturated carbocycles. The Balaban J connectivity index is 2.09. The van der Waals surface area contributed by atoms with E-state index in [1.54, 1.807) is 6.20 Å². The fourth-order valence-corrected chi connectivity index (χ4v) is 1.78. The van der Waals surface area contributed by atoms with Gasteiger partial charge in [0.1, 0.15) is 0 Å². The molecule has 1 heterocycles. The molecule has 70 valence electrons. The number of hydrogen-bond acceptors (Lipinski definition) is 2. The molecule has 0 aromatic rings. The molecule has 1 fully saturated rings. The summed E-state index contributed by atoms with van der Waals surface area (Å²) in [5, 5.41) is 0. The Hall–Kier alpha value is -0.500. The van der Waals surface area contributed by atoms with Gasteiger partial charge in [-0.3, -0.25) is 0 Å². The number of rotatable bonds is 3. The van der Waals surface area contributed by atoms with Crippen LogP contribution in [0.3, 0.4) is 0 Å². The van der Waals surface area contributed by atoms with Gasteiger partial charge in [-0.05, 0) is 57.9 Å². The van der Waals surface area contributed by atoms with Crippen molar-refractivity contribution in [3.63, 3.8) is 0 Å².